The largest absolute Gasteiger partial charge is 0.225 e. The molecule has 0 atom stereocenters. The number of nitrogens with zero attached hydrogens (tertiary/aromatic N) is 4. The topological polar surface area (TPSA) is 43.6 Å². The van der Waals surface area contributed by atoms with Gasteiger partial charge in [0, 0.05) is 6.20 Å². The molecule has 4 nitrogen and oxygen atoms in total. The first-order chi connectivity index (χ1) is 7.34. The maximum atomic E-state index is 4.26. The SMILES string of the molecule is Ic1cnn(-c2ncnc3sccc23)c1. The van der Waals surface area contributed by atoms with Crippen LogP contribution in [-0.2, 0) is 0 Å². The van der Waals surface area contributed by atoms with Crippen LogP contribution in [0.4, 0.5) is 0 Å². The highest BCUT2D eigenvalue weighted by molar-refractivity contribution is 14.1. The van der Waals surface area contributed by atoms with Crippen LogP contribution in [0.15, 0.2) is 30.2 Å². The summed E-state index contributed by atoms with van der Waals surface area (Å²) in [6, 6.07) is 2.02. The minimum Gasteiger partial charge on any atom is -0.225 e. The second-order valence-corrected chi connectivity index (χ2v) is 5.08. The summed E-state index contributed by atoms with van der Waals surface area (Å²) in [5.41, 5.74) is 0. The maximum Gasteiger partial charge on any atom is 0.165 e. The zero-order valence-corrected chi connectivity index (χ0v) is 10.4. The van der Waals surface area contributed by atoms with Gasteiger partial charge in [0.05, 0.1) is 15.2 Å². The predicted molar refractivity (Wildman–Crippen MR) is 67.3 cm³/mol. The van der Waals surface area contributed by atoms with Crippen molar-refractivity contribution in [1.82, 2.24) is 19.7 Å². The molecule has 0 bridgehead atoms. The Kier molecular flexibility index (Phi) is 2.17. The van der Waals surface area contributed by atoms with E-state index in [0.717, 1.165) is 19.6 Å². The molecule has 3 heterocycles. The number of fused-ring (bicyclic) bond motifs is 1. The highest BCUT2D eigenvalue weighted by Crippen LogP contribution is 2.22. The molecule has 3 aromatic rings. The lowest BCUT2D eigenvalue weighted by Crippen LogP contribution is -1.98. The van der Waals surface area contributed by atoms with Gasteiger partial charge < -0.3 is 0 Å². The molecule has 0 radical (unpaired) electrons. The number of hydrogen-bond donors (Lipinski definition) is 0. The first-order valence-electron chi connectivity index (χ1n) is 4.23. The Labute approximate surface area is 103 Å². The van der Waals surface area contributed by atoms with Crippen LogP contribution in [0.5, 0.6) is 0 Å². The lowest BCUT2D eigenvalue weighted by Gasteiger charge is -2.00. The highest BCUT2D eigenvalue weighted by atomic mass is 127. The van der Waals surface area contributed by atoms with Gasteiger partial charge in [-0.2, -0.15) is 5.10 Å². The summed E-state index contributed by atoms with van der Waals surface area (Å²) < 4.78 is 2.87. The van der Waals surface area contributed by atoms with Crippen LogP contribution in [0.1, 0.15) is 0 Å². The van der Waals surface area contributed by atoms with Crippen LogP contribution in [0, 0.1) is 3.57 Å². The van der Waals surface area contributed by atoms with Crippen LogP contribution in [0.2, 0.25) is 0 Å². The van der Waals surface area contributed by atoms with Gasteiger partial charge in [0.25, 0.3) is 0 Å². The fourth-order valence-corrected chi connectivity index (χ4v) is 2.49. The molecular formula is C9H5IN4S. The average Bonchev–Trinajstić information content (AvgIpc) is 2.84. The normalized spacial score (nSPS) is 11.0. The Hall–Kier alpha value is -1.02. The third-order valence-corrected chi connectivity index (χ3v) is 3.39. The lowest BCUT2D eigenvalue weighted by atomic mass is 10.4. The summed E-state index contributed by atoms with van der Waals surface area (Å²) in [6.45, 7) is 0. The minimum absolute atomic E-state index is 0.837. The first kappa shape index (κ1) is 9.22. The van der Waals surface area contributed by atoms with Crippen molar-refractivity contribution in [1.29, 1.82) is 0 Å². The summed E-state index contributed by atoms with van der Waals surface area (Å²) in [4.78, 5) is 9.45. The van der Waals surface area contributed by atoms with Crippen molar-refractivity contribution in [2.75, 3.05) is 0 Å². The fourth-order valence-electron chi connectivity index (χ4n) is 1.38. The van der Waals surface area contributed by atoms with Gasteiger partial charge in [-0.1, -0.05) is 0 Å². The van der Waals surface area contributed by atoms with Crippen LogP contribution in [0.3, 0.4) is 0 Å². The number of aromatic nitrogens is 4. The highest BCUT2D eigenvalue weighted by Gasteiger charge is 2.07. The quantitative estimate of drug-likeness (QED) is 0.645. The zero-order chi connectivity index (χ0) is 10.3. The Morgan fingerprint density at radius 3 is 3.07 bits per heavy atom. The lowest BCUT2D eigenvalue weighted by molar-refractivity contribution is 0.851. The molecule has 0 aliphatic rings. The van der Waals surface area contributed by atoms with Gasteiger partial charge in [-0.3, -0.25) is 0 Å². The van der Waals surface area contributed by atoms with Gasteiger partial charge in [-0.05, 0) is 34.0 Å². The molecule has 0 aromatic carbocycles. The summed E-state index contributed by atoms with van der Waals surface area (Å²) in [7, 11) is 0. The molecule has 0 unspecified atom stereocenters. The summed E-state index contributed by atoms with van der Waals surface area (Å²) >= 11 is 3.83. The van der Waals surface area contributed by atoms with E-state index in [1.165, 1.54) is 0 Å². The van der Waals surface area contributed by atoms with E-state index < -0.39 is 0 Å². The molecule has 0 fully saturated rings. The molecule has 0 saturated carbocycles. The Morgan fingerprint density at radius 2 is 2.27 bits per heavy atom. The standard InChI is InChI=1S/C9H5IN4S/c10-6-3-13-14(4-6)8-7-1-2-15-9(7)12-5-11-8/h1-5H. The number of hydrogen-bond acceptors (Lipinski definition) is 4. The molecule has 3 aromatic heterocycles. The van der Waals surface area contributed by atoms with Crippen molar-refractivity contribution in [3.8, 4) is 5.82 Å². The maximum absolute atomic E-state index is 4.26. The van der Waals surface area contributed by atoms with E-state index in [4.69, 9.17) is 0 Å². The van der Waals surface area contributed by atoms with Crippen LogP contribution in [-0.4, -0.2) is 19.7 Å². The predicted octanol–water partition coefficient (Wildman–Crippen LogP) is 2.48. The molecule has 0 amide bonds. The summed E-state index contributed by atoms with van der Waals surface area (Å²) in [5.74, 6) is 0.837. The van der Waals surface area contributed by atoms with E-state index in [0.29, 0.717) is 0 Å². The van der Waals surface area contributed by atoms with Gasteiger partial charge in [0.15, 0.2) is 5.82 Å². The summed E-state index contributed by atoms with van der Waals surface area (Å²) in [5, 5.41) is 7.29. The van der Waals surface area contributed by atoms with Crippen LogP contribution < -0.4 is 0 Å². The third kappa shape index (κ3) is 1.53. The Morgan fingerprint density at radius 1 is 1.33 bits per heavy atom. The second-order valence-electron chi connectivity index (χ2n) is 2.94. The average molecular weight is 328 g/mol. The molecule has 0 aliphatic heterocycles. The van der Waals surface area contributed by atoms with Crippen LogP contribution >= 0.6 is 33.9 Å². The summed E-state index contributed by atoms with van der Waals surface area (Å²) in [6.07, 6.45) is 5.32. The molecule has 0 aliphatic carbocycles. The molecule has 0 saturated heterocycles. The molecule has 0 N–H and O–H groups in total. The van der Waals surface area contributed by atoms with E-state index in [9.17, 15) is 0 Å². The molecule has 74 valence electrons. The van der Waals surface area contributed by atoms with E-state index in [2.05, 4.69) is 37.7 Å². The Bertz CT molecular complexity index is 615. The smallest absolute Gasteiger partial charge is 0.165 e. The second kappa shape index (κ2) is 3.53. The number of rotatable bonds is 1. The first-order valence-corrected chi connectivity index (χ1v) is 6.19. The molecular weight excluding hydrogens is 323 g/mol. The monoisotopic (exact) mass is 328 g/mol. The van der Waals surface area contributed by atoms with Crippen molar-refractivity contribution >= 4 is 44.1 Å². The minimum atomic E-state index is 0.837. The zero-order valence-electron chi connectivity index (χ0n) is 7.46. The van der Waals surface area contributed by atoms with Crippen LogP contribution in [0.25, 0.3) is 16.0 Å². The van der Waals surface area contributed by atoms with E-state index in [1.807, 2.05) is 17.6 Å². The number of halogens is 1. The van der Waals surface area contributed by atoms with E-state index in [-0.39, 0.29) is 0 Å². The van der Waals surface area contributed by atoms with E-state index in [1.54, 1.807) is 28.5 Å². The van der Waals surface area contributed by atoms with Gasteiger partial charge >= 0.3 is 0 Å². The fraction of sp³-hybridized carbons (Fsp3) is 0. The third-order valence-electron chi connectivity index (χ3n) is 2.01. The number of thiophene rings is 1. The van der Waals surface area contributed by atoms with E-state index >= 15 is 0 Å². The van der Waals surface area contributed by atoms with Crippen molar-refractivity contribution in [3.05, 3.63) is 33.7 Å². The molecule has 6 heteroatoms. The molecule has 3 rings (SSSR count). The molecule has 0 spiro atoms. The van der Waals surface area contributed by atoms with Crippen molar-refractivity contribution < 1.29 is 0 Å². The molecule has 15 heavy (non-hydrogen) atoms. The van der Waals surface area contributed by atoms with Crippen molar-refractivity contribution in [2.24, 2.45) is 0 Å². The Balaban J connectivity index is 2.30. The van der Waals surface area contributed by atoms with Gasteiger partial charge in [0.1, 0.15) is 11.2 Å². The van der Waals surface area contributed by atoms with Gasteiger partial charge in [-0.25, -0.2) is 14.6 Å². The van der Waals surface area contributed by atoms with Gasteiger partial charge in [0.2, 0.25) is 0 Å². The van der Waals surface area contributed by atoms with Gasteiger partial charge in [-0.15, -0.1) is 11.3 Å². The van der Waals surface area contributed by atoms with Crippen molar-refractivity contribution in [2.45, 2.75) is 0 Å². The van der Waals surface area contributed by atoms with Crippen molar-refractivity contribution in [3.63, 3.8) is 0 Å².